The first kappa shape index (κ1) is 24.8. The molecule has 0 bridgehead atoms. The molecule has 2 rings (SSSR count). The predicted octanol–water partition coefficient (Wildman–Crippen LogP) is 4.84. The maximum atomic E-state index is 5.53. The average molecular weight is 458 g/mol. The Kier molecular flexibility index (Phi) is 12.9. The number of methoxy groups -OCH3 is 2. The third-order valence-electron chi connectivity index (χ3n) is 4.53. The van der Waals surface area contributed by atoms with E-state index in [2.05, 4.69) is 45.2 Å². The van der Waals surface area contributed by atoms with Gasteiger partial charge in [0.2, 0.25) is 0 Å². The molecule has 0 aliphatic carbocycles. The van der Waals surface area contributed by atoms with Gasteiger partial charge in [0, 0.05) is 32.2 Å². The van der Waals surface area contributed by atoms with Gasteiger partial charge in [0.1, 0.15) is 16.0 Å². The summed E-state index contributed by atoms with van der Waals surface area (Å²) in [5, 5.41) is 3.44. The zero-order valence-corrected chi connectivity index (χ0v) is 18.6. The number of piperazine rings is 1. The summed E-state index contributed by atoms with van der Waals surface area (Å²) >= 11 is 3.57. The standard InChI is InChI=1S/C18H29BrN2O2.2ClH/c1-4-5-6-7-15(21-10-8-20-9-11-21)14-12-16(22-2)18(19)17(13-14)23-3;;/h12-13,15,20H,4-11H2,1-3H3;2*1H/t15-;;/m0../s1. The molecule has 1 saturated heterocycles. The maximum Gasteiger partial charge on any atom is 0.137 e. The molecular weight excluding hydrogens is 427 g/mol. The van der Waals surface area contributed by atoms with Gasteiger partial charge in [-0.2, -0.15) is 0 Å². The van der Waals surface area contributed by atoms with E-state index in [0.717, 1.165) is 42.2 Å². The molecule has 4 nitrogen and oxygen atoms in total. The molecular formula is C18H31BrCl2N2O2. The lowest BCUT2D eigenvalue weighted by molar-refractivity contribution is 0.162. The molecule has 1 aliphatic heterocycles. The van der Waals surface area contributed by atoms with Crippen LogP contribution in [0.1, 0.15) is 44.2 Å². The molecule has 0 amide bonds. The van der Waals surface area contributed by atoms with Gasteiger partial charge in [0.05, 0.1) is 14.2 Å². The summed E-state index contributed by atoms with van der Waals surface area (Å²) in [4.78, 5) is 2.59. The highest BCUT2D eigenvalue weighted by Gasteiger charge is 2.24. The first-order valence-electron chi connectivity index (χ1n) is 8.57. The second kappa shape index (κ2) is 13.0. The molecule has 0 unspecified atom stereocenters. The molecule has 1 aromatic carbocycles. The molecule has 25 heavy (non-hydrogen) atoms. The van der Waals surface area contributed by atoms with Gasteiger partial charge >= 0.3 is 0 Å². The Morgan fingerprint density at radius 3 is 2.12 bits per heavy atom. The third-order valence-corrected chi connectivity index (χ3v) is 5.31. The molecule has 1 aliphatic rings. The topological polar surface area (TPSA) is 33.7 Å². The summed E-state index contributed by atoms with van der Waals surface area (Å²) in [5.41, 5.74) is 1.29. The number of halogens is 3. The summed E-state index contributed by atoms with van der Waals surface area (Å²) in [5.74, 6) is 1.69. The van der Waals surface area contributed by atoms with Crippen LogP contribution in [0.3, 0.4) is 0 Å². The minimum absolute atomic E-state index is 0. The number of nitrogens with one attached hydrogen (secondary N) is 1. The van der Waals surface area contributed by atoms with Crippen LogP contribution in [0.4, 0.5) is 0 Å². The van der Waals surface area contributed by atoms with Crippen molar-refractivity contribution in [2.75, 3.05) is 40.4 Å². The van der Waals surface area contributed by atoms with E-state index in [4.69, 9.17) is 9.47 Å². The van der Waals surface area contributed by atoms with Gasteiger partial charge in [0.15, 0.2) is 0 Å². The highest BCUT2D eigenvalue weighted by Crippen LogP contribution is 2.39. The van der Waals surface area contributed by atoms with Crippen LogP contribution in [-0.4, -0.2) is 45.3 Å². The van der Waals surface area contributed by atoms with E-state index in [1.165, 1.54) is 31.2 Å². The van der Waals surface area contributed by atoms with Crippen LogP contribution in [0.15, 0.2) is 16.6 Å². The highest BCUT2D eigenvalue weighted by atomic mass is 79.9. The van der Waals surface area contributed by atoms with Gasteiger partial charge in [-0.3, -0.25) is 4.90 Å². The molecule has 146 valence electrons. The normalized spacial score (nSPS) is 15.7. The number of hydrogen-bond donors (Lipinski definition) is 1. The molecule has 1 aromatic rings. The number of hydrogen-bond acceptors (Lipinski definition) is 4. The Balaban J connectivity index is 0.00000288. The fourth-order valence-electron chi connectivity index (χ4n) is 3.22. The van der Waals surface area contributed by atoms with E-state index in [0.29, 0.717) is 6.04 Å². The van der Waals surface area contributed by atoms with Crippen molar-refractivity contribution in [3.05, 3.63) is 22.2 Å². The lowest BCUT2D eigenvalue weighted by Gasteiger charge is -2.35. The van der Waals surface area contributed by atoms with Gasteiger partial charge in [0.25, 0.3) is 0 Å². The van der Waals surface area contributed by atoms with Gasteiger partial charge in [-0.05, 0) is 40.0 Å². The Hall–Kier alpha value is -0.200. The lowest BCUT2D eigenvalue weighted by Crippen LogP contribution is -2.45. The van der Waals surface area contributed by atoms with Gasteiger partial charge in [-0.1, -0.05) is 26.2 Å². The fourth-order valence-corrected chi connectivity index (χ4v) is 3.78. The Bertz CT molecular complexity index is 475. The van der Waals surface area contributed by atoms with Crippen molar-refractivity contribution in [2.45, 2.75) is 38.6 Å². The highest BCUT2D eigenvalue weighted by molar-refractivity contribution is 9.10. The predicted molar refractivity (Wildman–Crippen MR) is 113 cm³/mol. The van der Waals surface area contributed by atoms with Crippen LogP contribution in [-0.2, 0) is 0 Å². The smallest absolute Gasteiger partial charge is 0.137 e. The lowest BCUT2D eigenvalue weighted by atomic mass is 9.97. The monoisotopic (exact) mass is 456 g/mol. The molecule has 1 heterocycles. The Labute approximate surface area is 173 Å². The zero-order chi connectivity index (χ0) is 16.7. The van der Waals surface area contributed by atoms with Crippen LogP contribution in [0, 0.1) is 0 Å². The quantitative estimate of drug-likeness (QED) is 0.566. The summed E-state index contributed by atoms with van der Waals surface area (Å²) in [6.45, 7) is 6.57. The van der Waals surface area contributed by atoms with Crippen molar-refractivity contribution in [2.24, 2.45) is 0 Å². The van der Waals surface area contributed by atoms with Crippen molar-refractivity contribution in [1.29, 1.82) is 0 Å². The molecule has 1 fully saturated rings. The van der Waals surface area contributed by atoms with E-state index in [-0.39, 0.29) is 24.8 Å². The van der Waals surface area contributed by atoms with Crippen LogP contribution in [0.2, 0.25) is 0 Å². The fraction of sp³-hybridized carbons (Fsp3) is 0.667. The summed E-state index contributed by atoms with van der Waals surface area (Å²) in [7, 11) is 3.42. The second-order valence-electron chi connectivity index (χ2n) is 6.04. The SMILES string of the molecule is CCCCC[C@@H](c1cc(OC)c(Br)c(OC)c1)N1CCNCC1.Cl.Cl. The molecule has 0 spiro atoms. The molecule has 7 heteroatoms. The zero-order valence-electron chi connectivity index (χ0n) is 15.3. The van der Waals surface area contributed by atoms with Crippen molar-refractivity contribution in [3.63, 3.8) is 0 Å². The molecule has 0 radical (unpaired) electrons. The van der Waals surface area contributed by atoms with Crippen molar-refractivity contribution < 1.29 is 9.47 Å². The summed E-state index contributed by atoms with van der Waals surface area (Å²) in [6, 6.07) is 4.75. The van der Waals surface area contributed by atoms with Crippen LogP contribution < -0.4 is 14.8 Å². The van der Waals surface area contributed by atoms with Crippen LogP contribution >= 0.6 is 40.7 Å². The average Bonchev–Trinajstić information content (AvgIpc) is 2.60. The maximum absolute atomic E-state index is 5.53. The largest absolute Gasteiger partial charge is 0.495 e. The number of rotatable bonds is 8. The Morgan fingerprint density at radius 1 is 1.08 bits per heavy atom. The second-order valence-corrected chi connectivity index (χ2v) is 6.83. The van der Waals surface area contributed by atoms with Crippen molar-refractivity contribution in [1.82, 2.24) is 10.2 Å². The number of ether oxygens (including phenoxy) is 2. The molecule has 1 atom stereocenters. The van der Waals surface area contributed by atoms with E-state index in [1.54, 1.807) is 14.2 Å². The molecule has 0 saturated carbocycles. The van der Waals surface area contributed by atoms with Gasteiger partial charge < -0.3 is 14.8 Å². The van der Waals surface area contributed by atoms with E-state index < -0.39 is 0 Å². The summed E-state index contributed by atoms with van der Waals surface area (Å²) < 4.78 is 12.0. The van der Waals surface area contributed by atoms with Crippen molar-refractivity contribution in [3.8, 4) is 11.5 Å². The number of unbranched alkanes of at least 4 members (excludes halogenated alkanes) is 2. The molecule has 0 aromatic heterocycles. The number of benzene rings is 1. The van der Waals surface area contributed by atoms with E-state index >= 15 is 0 Å². The van der Waals surface area contributed by atoms with Crippen LogP contribution in [0.5, 0.6) is 11.5 Å². The number of nitrogens with zero attached hydrogens (tertiary/aromatic N) is 1. The van der Waals surface area contributed by atoms with Gasteiger partial charge in [-0.15, -0.1) is 24.8 Å². The summed E-state index contributed by atoms with van der Waals surface area (Å²) in [6.07, 6.45) is 4.97. The first-order chi connectivity index (χ1) is 11.2. The van der Waals surface area contributed by atoms with E-state index in [9.17, 15) is 0 Å². The minimum atomic E-state index is 0. The van der Waals surface area contributed by atoms with E-state index in [1.807, 2.05) is 0 Å². The molecule has 1 N–H and O–H groups in total. The third kappa shape index (κ3) is 6.79. The minimum Gasteiger partial charge on any atom is -0.495 e. The van der Waals surface area contributed by atoms with Gasteiger partial charge in [-0.25, -0.2) is 0 Å². The van der Waals surface area contributed by atoms with Crippen molar-refractivity contribution >= 4 is 40.7 Å². The van der Waals surface area contributed by atoms with Crippen LogP contribution in [0.25, 0.3) is 0 Å². The Morgan fingerprint density at radius 2 is 1.64 bits per heavy atom. The first-order valence-corrected chi connectivity index (χ1v) is 9.36.